The van der Waals surface area contributed by atoms with Crippen molar-refractivity contribution in [3.63, 3.8) is 0 Å². The van der Waals surface area contributed by atoms with Gasteiger partial charge in [-0.3, -0.25) is 9.89 Å². The number of amides is 1. The summed E-state index contributed by atoms with van der Waals surface area (Å²) in [6, 6.07) is 19.0. The Labute approximate surface area is 220 Å². The van der Waals surface area contributed by atoms with Gasteiger partial charge in [-0.2, -0.15) is 0 Å². The molecule has 1 atom stereocenters. The fourth-order valence-corrected chi connectivity index (χ4v) is 4.52. The number of benzene rings is 2. The van der Waals surface area contributed by atoms with Gasteiger partial charge in [0, 0.05) is 36.4 Å². The second kappa shape index (κ2) is 12.0. The SMILES string of the molecule is O=C(Nc1cc(-c2cc(OCCC3CCCOC3)ccc2Cl)ccn1)c1n[nH]c(Cc2ccccc2)n1. The molecule has 2 N–H and O–H groups in total. The van der Waals surface area contributed by atoms with E-state index in [1.165, 1.54) is 6.42 Å². The lowest BCUT2D eigenvalue weighted by molar-refractivity contribution is 0.0462. The Hall–Kier alpha value is -3.75. The quantitative estimate of drug-likeness (QED) is 0.301. The van der Waals surface area contributed by atoms with E-state index in [9.17, 15) is 4.79 Å². The summed E-state index contributed by atoms with van der Waals surface area (Å²) in [4.78, 5) is 21.3. The topological polar surface area (TPSA) is 102 Å². The van der Waals surface area contributed by atoms with Gasteiger partial charge in [0.2, 0.25) is 5.82 Å². The van der Waals surface area contributed by atoms with Crippen molar-refractivity contribution in [3.8, 4) is 16.9 Å². The monoisotopic (exact) mass is 517 g/mol. The van der Waals surface area contributed by atoms with Crippen molar-refractivity contribution >= 4 is 23.3 Å². The molecule has 1 fully saturated rings. The van der Waals surface area contributed by atoms with Gasteiger partial charge in [-0.05, 0) is 66.6 Å². The summed E-state index contributed by atoms with van der Waals surface area (Å²) in [5.41, 5.74) is 2.67. The molecular formula is C28H28ClN5O3. The second-order valence-corrected chi connectivity index (χ2v) is 9.42. The molecule has 5 rings (SSSR count). The average Bonchev–Trinajstić information content (AvgIpc) is 3.40. The van der Waals surface area contributed by atoms with Crippen LogP contribution in [0.1, 0.15) is 41.3 Å². The molecule has 0 spiro atoms. The van der Waals surface area contributed by atoms with Crippen LogP contribution in [0, 0.1) is 5.92 Å². The molecule has 9 heteroatoms. The highest BCUT2D eigenvalue weighted by molar-refractivity contribution is 6.33. The van der Waals surface area contributed by atoms with Gasteiger partial charge < -0.3 is 14.8 Å². The summed E-state index contributed by atoms with van der Waals surface area (Å²) < 4.78 is 11.6. The predicted molar refractivity (Wildman–Crippen MR) is 142 cm³/mol. The summed E-state index contributed by atoms with van der Waals surface area (Å²) >= 11 is 6.51. The van der Waals surface area contributed by atoms with Gasteiger partial charge >= 0.3 is 0 Å². The lowest BCUT2D eigenvalue weighted by Crippen LogP contribution is -2.19. The fourth-order valence-electron chi connectivity index (χ4n) is 4.30. The highest BCUT2D eigenvalue weighted by Crippen LogP contribution is 2.32. The third-order valence-electron chi connectivity index (χ3n) is 6.25. The Kier molecular flexibility index (Phi) is 8.08. The first kappa shape index (κ1) is 24.9. The number of aromatic amines is 1. The molecule has 1 aliphatic rings. The maximum Gasteiger partial charge on any atom is 0.296 e. The molecule has 37 heavy (non-hydrogen) atoms. The maximum absolute atomic E-state index is 12.7. The average molecular weight is 518 g/mol. The van der Waals surface area contributed by atoms with Crippen molar-refractivity contribution < 1.29 is 14.3 Å². The zero-order valence-corrected chi connectivity index (χ0v) is 21.1. The van der Waals surface area contributed by atoms with E-state index in [4.69, 9.17) is 21.1 Å². The van der Waals surface area contributed by atoms with Crippen LogP contribution in [0.3, 0.4) is 0 Å². The molecule has 1 amide bonds. The molecule has 2 aromatic carbocycles. The van der Waals surface area contributed by atoms with Crippen molar-refractivity contribution in [1.29, 1.82) is 0 Å². The number of nitrogens with zero attached hydrogens (tertiary/aromatic N) is 3. The molecule has 4 aromatic rings. The standard InChI is InChI=1S/C28H28ClN5O3/c29-24-9-8-22(37-14-11-20-7-4-13-36-18-20)17-23(24)21-10-12-30-25(16-21)32-28(35)27-31-26(33-34-27)15-19-5-2-1-3-6-19/h1-3,5-6,8-10,12,16-17,20H,4,7,11,13-15,18H2,(H,30,32,35)(H,31,33,34). The first-order valence-corrected chi connectivity index (χ1v) is 12.7. The van der Waals surface area contributed by atoms with Crippen LogP contribution in [0.2, 0.25) is 5.02 Å². The number of H-pyrrole nitrogens is 1. The fraction of sp³-hybridized carbons (Fsp3) is 0.286. The Bertz CT molecular complexity index is 1340. The predicted octanol–water partition coefficient (Wildman–Crippen LogP) is 5.56. The smallest absolute Gasteiger partial charge is 0.296 e. The van der Waals surface area contributed by atoms with Gasteiger partial charge in [0.25, 0.3) is 5.91 Å². The number of rotatable bonds is 9. The van der Waals surface area contributed by atoms with Gasteiger partial charge in [0.05, 0.1) is 6.61 Å². The molecule has 0 saturated carbocycles. The van der Waals surface area contributed by atoms with Crippen LogP contribution in [-0.2, 0) is 11.2 Å². The van der Waals surface area contributed by atoms with E-state index in [-0.39, 0.29) is 5.82 Å². The lowest BCUT2D eigenvalue weighted by Gasteiger charge is -2.22. The summed E-state index contributed by atoms with van der Waals surface area (Å²) in [6.07, 6.45) is 5.43. The van der Waals surface area contributed by atoms with Crippen LogP contribution in [0.4, 0.5) is 5.82 Å². The van der Waals surface area contributed by atoms with Gasteiger partial charge in [0.15, 0.2) is 0 Å². The van der Waals surface area contributed by atoms with Gasteiger partial charge in [0.1, 0.15) is 17.4 Å². The largest absolute Gasteiger partial charge is 0.494 e. The number of hydrogen-bond acceptors (Lipinski definition) is 6. The van der Waals surface area contributed by atoms with Crippen LogP contribution in [-0.4, -0.2) is 45.9 Å². The number of carbonyl (C=O) groups is 1. The number of aromatic nitrogens is 4. The first-order chi connectivity index (χ1) is 18.1. The van der Waals surface area contributed by atoms with Crippen molar-refractivity contribution in [2.45, 2.75) is 25.7 Å². The van der Waals surface area contributed by atoms with Crippen LogP contribution >= 0.6 is 11.6 Å². The molecular weight excluding hydrogens is 490 g/mol. The number of hydrogen-bond donors (Lipinski definition) is 2. The highest BCUT2D eigenvalue weighted by atomic mass is 35.5. The molecule has 0 radical (unpaired) electrons. The summed E-state index contributed by atoms with van der Waals surface area (Å²) in [7, 11) is 0. The van der Waals surface area contributed by atoms with Crippen LogP contribution in [0.25, 0.3) is 11.1 Å². The third kappa shape index (κ3) is 6.72. The van der Waals surface area contributed by atoms with Gasteiger partial charge in [-0.1, -0.05) is 41.9 Å². The van der Waals surface area contributed by atoms with E-state index in [0.29, 0.717) is 35.6 Å². The number of anilines is 1. The van der Waals surface area contributed by atoms with Crippen LogP contribution in [0.5, 0.6) is 5.75 Å². The number of nitrogens with one attached hydrogen (secondary N) is 2. The molecule has 1 saturated heterocycles. The number of pyridine rings is 1. The minimum Gasteiger partial charge on any atom is -0.494 e. The zero-order valence-electron chi connectivity index (χ0n) is 20.3. The van der Waals surface area contributed by atoms with E-state index in [1.54, 1.807) is 12.3 Å². The molecule has 2 aromatic heterocycles. The van der Waals surface area contributed by atoms with E-state index in [0.717, 1.165) is 48.5 Å². The Morgan fingerprint density at radius 3 is 2.89 bits per heavy atom. The molecule has 3 heterocycles. The van der Waals surface area contributed by atoms with E-state index in [2.05, 4.69) is 25.5 Å². The summed E-state index contributed by atoms with van der Waals surface area (Å²) in [5.74, 6) is 1.87. The van der Waals surface area contributed by atoms with Gasteiger partial charge in [-0.25, -0.2) is 9.97 Å². The van der Waals surface area contributed by atoms with Crippen molar-refractivity contribution in [3.05, 3.63) is 89.1 Å². The molecule has 190 valence electrons. The van der Waals surface area contributed by atoms with E-state index < -0.39 is 5.91 Å². The van der Waals surface area contributed by atoms with E-state index >= 15 is 0 Å². The Balaban J connectivity index is 1.23. The summed E-state index contributed by atoms with van der Waals surface area (Å²) in [5, 5.41) is 10.2. The number of halogens is 1. The first-order valence-electron chi connectivity index (χ1n) is 12.4. The van der Waals surface area contributed by atoms with Crippen LogP contribution < -0.4 is 10.1 Å². The molecule has 0 aliphatic carbocycles. The maximum atomic E-state index is 12.7. The zero-order chi connectivity index (χ0) is 25.5. The third-order valence-corrected chi connectivity index (χ3v) is 6.58. The normalized spacial score (nSPS) is 15.3. The lowest BCUT2D eigenvalue weighted by atomic mass is 9.99. The molecule has 1 aliphatic heterocycles. The van der Waals surface area contributed by atoms with Crippen LogP contribution in [0.15, 0.2) is 66.9 Å². The second-order valence-electron chi connectivity index (χ2n) is 9.01. The van der Waals surface area contributed by atoms with E-state index in [1.807, 2.05) is 54.6 Å². The molecule has 1 unspecified atom stereocenters. The van der Waals surface area contributed by atoms with Crippen molar-refractivity contribution in [2.24, 2.45) is 5.92 Å². The van der Waals surface area contributed by atoms with Crippen molar-refractivity contribution in [1.82, 2.24) is 20.2 Å². The summed E-state index contributed by atoms with van der Waals surface area (Å²) in [6.45, 7) is 2.29. The molecule has 0 bridgehead atoms. The Morgan fingerprint density at radius 2 is 2.05 bits per heavy atom. The minimum atomic E-state index is -0.449. The Morgan fingerprint density at radius 1 is 1.16 bits per heavy atom. The van der Waals surface area contributed by atoms with Crippen molar-refractivity contribution in [2.75, 3.05) is 25.1 Å². The highest BCUT2D eigenvalue weighted by Gasteiger charge is 2.16. The number of ether oxygens (including phenoxy) is 2. The number of carbonyl (C=O) groups excluding carboxylic acids is 1. The minimum absolute atomic E-state index is 0.0509. The van der Waals surface area contributed by atoms with Gasteiger partial charge in [-0.15, -0.1) is 5.10 Å². The molecule has 8 nitrogen and oxygen atoms in total.